The fraction of sp³-hybridized carbons (Fsp3) is 0.353. The molecular formula is C34H39Cl3Ti. The summed E-state index contributed by atoms with van der Waals surface area (Å²) >= 11 is 2.44. The normalized spacial score (nSPS) is 16.8. The van der Waals surface area contributed by atoms with Crippen LogP contribution in [0.4, 0.5) is 0 Å². The molecule has 0 aliphatic heterocycles. The first kappa shape index (κ1) is 34.8. The third-order valence-electron chi connectivity index (χ3n) is 7.36. The smallest absolute Gasteiger partial charge is 1.00 e. The first-order valence-corrected chi connectivity index (χ1v) is 13.5. The predicted octanol–water partition coefficient (Wildman–Crippen LogP) is 0.131. The Labute approximate surface area is 261 Å². The summed E-state index contributed by atoms with van der Waals surface area (Å²) in [7, 11) is 0. The van der Waals surface area contributed by atoms with Crippen molar-refractivity contribution in [1.29, 1.82) is 0 Å². The number of halogens is 3. The molecule has 0 fully saturated rings. The fourth-order valence-electron chi connectivity index (χ4n) is 6.05. The van der Waals surface area contributed by atoms with Crippen molar-refractivity contribution >= 4 is 0 Å². The second-order valence-electron chi connectivity index (χ2n) is 11.9. The van der Waals surface area contributed by atoms with Crippen molar-refractivity contribution in [2.75, 3.05) is 0 Å². The molecule has 200 valence electrons. The summed E-state index contributed by atoms with van der Waals surface area (Å²) in [4.78, 5) is 0. The molecule has 0 nitrogen and oxygen atoms in total. The van der Waals surface area contributed by atoms with Gasteiger partial charge in [-0.15, -0.1) is 0 Å². The third-order valence-corrected chi connectivity index (χ3v) is 8.43. The molecule has 38 heavy (non-hydrogen) atoms. The second-order valence-corrected chi connectivity index (χ2v) is 13.2. The Balaban J connectivity index is 0.00000241. The van der Waals surface area contributed by atoms with Crippen molar-refractivity contribution in [1.82, 2.24) is 0 Å². The molecule has 1 aliphatic carbocycles. The summed E-state index contributed by atoms with van der Waals surface area (Å²) in [5.74, 6) is 0. The van der Waals surface area contributed by atoms with E-state index in [2.05, 4.69) is 156 Å². The molecule has 1 atom stereocenters. The van der Waals surface area contributed by atoms with Crippen LogP contribution < -0.4 is 37.2 Å². The fourth-order valence-corrected chi connectivity index (χ4v) is 7.10. The van der Waals surface area contributed by atoms with Gasteiger partial charge in [0.2, 0.25) is 0 Å². The summed E-state index contributed by atoms with van der Waals surface area (Å²) in [6.07, 6.45) is 7.41. The SMILES string of the molecule is Cc1cc(C)cc(C(c2cc(C)cc(C)c2)(c2cc(C)cc(C)c2)[C]2([Ti+3])C=CC(C(C)(C)C)=C2)c1.[Cl-].[Cl-].[Cl-]. The van der Waals surface area contributed by atoms with Crippen molar-refractivity contribution < 1.29 is 57.7 Å². The summed E-state index contributed by atoms with van der Waals surface area (Å²) in [5.41, 5.74) is 13.1. The number of allylic oxidation sites excluding steroid dienone is 4. The van der Waals surface area contributed by atoms with E-state index in [1.807, 2.05) is 0 Å². The standard InChI is InChI=1S/C34H39.3ClH.Ti/c1-22-12-23(2)16-30(15-22)34(31-17-24(3)13-25(4)18-31,32-19-26(5)14-27(6)20-32)29-11-10-28(21-29)33(7,8)9;;;;/h10-21H,1-9H3;3*1H;/q;;;;+3/p-3. The third kappa shape index (κ3) is 6.37. The molecule has 0 N–H and O–H groups in total. The topological polar surface area (TPSA) is 0 Å². The van der Waals surface area contributed by atoms with Gasteiger partial charge in [-0.3, -0.25) is 0 Å². The molecular weight excluding hydrogens is 563 g/mol. The van der Waals surface area contributed by atoms with Crippen LogP contribution in [0.5, 0.6) is 0 Å². The van der Waals surface area contributed by atoms with Crippen LogP contribution in [0, 0.1) is 47.0 Å². The Morgan fingerprint density at radius 2 is 0.816 bits per heavy atom. The van der Waals surface area contributed by atoms with Crippen molar-refractivity contribution in [3.05, 3.63) is 128 Å². The molecule has 1 unspecified atom stereocenters. The van der Waals surface area contributed by atoms with Crippen molar-refractivity contribution in [3.63, 3.8) is 0 Å². The molecule has 0 radical (unpaired) electrons. The average Bonchev–Trinajstić information content (AvgIpc) is 3.10. The maximum atomic E-state index is 2.56. The number of hydrogen-bond donors (Lipinski definition) is 0. The van der Waals surface area contributed by atoms with Gasteiger partial charge in [0.15, 0.2) is 0 Å². The van der Waals surface area contributed by atoms with Gasteiger partial charge < -0.3 is 37.2 Å². The molecule has 3 aromatic rings. The molecule has 0 saturated carbocycles. The molecule has 3 aromatic carbocycles. The zero-order valence-corrected chi connectivity index (χ0v) is 27.9. The van der Waals surface area contributed by atoms with Gasteiger partial charge in [0, 0.05) is 0 Å². The van der Waals surface area contributed by atoms with E-state index in [0.29, 0.717) is 0 Å². The van der Waals surface area contributed by atoms with Gasteiger partial charge in [-0.25, -0.2) is 0 Å². The van der Waals surface area contributed by atoms with E-state index in [1.165, 1.54) is 55.6 Å². The van der Waals surface area contributed by atoms with Crippen LogP contribution in [0.1, 0.15) is 70.8 Å². The van der Waals surface area contributed by atoms with Crippen LogP contribution in [0.15, 0.2) is 78.4 Å². The number of aryl methyl sites for hydroxylation is 6. The minimum absolute atomic E-state index is 0. The van der Waals surface area contributed by atoms with E-state index >= 15 is 0 Å². The summed E-state index contributed by atoms with van der Waals surface area (Å²) in [5, 5.41) is 0. The van der Waals surface area contributed by atoms with Gasteiger partial charge in [0.05, 0.1) is 0 Å². The molecule has 0 heterocycles. The van der Waals surface area contributed by atoms with Gasteiger partial charge in [-0.1, -0.05) is 0 Å². The van der Waals surface area contributed by atoms with E-state index in [4.69, 9.17) is 0 Å². The largest absolute Gasteiger partial charge is 1.00 e. The molecule has 0 aromatic heterocycles. The predicted molar refractivity (Wildman–Crippen MR) is 147 cm³/mol. The Bertz CT molecular complexity index is 1170. The van der Waals surface area contributed by atoms with E-state index in [1.54, 1.807) is 0 Å². The van der Waals surface area contributed by atoms with Gasteiger partial charge in [-0.05, 0) is 0 Å². The molecule has 0 spiro atoms. The van der Waals surface area contributed by atoms with Crippen LogP contribution in [-0.2, 0) is 25.9 Å². The maximum absolute atomic E-state index is 2.56. The molecule has 4 heteroatoms. The Hall–Kier alpha value is -1.28. The van der Waals surface area contributed by atoms with Gasteiger partial charge in [-0.2, -0.15) is 0 Å². The quantitative estimate of drug-likeness (QED) is 0.295. The summed E-state index contributed by atoms with van der Waals surface area (Å²) < 4.78 is -0.240. The van der Waals surface area contributed by atoms with Crippen LogP contribution in [-0.4, -0.2) is 0 Å². The van der Waals surface area contributed by atoms with Gasteiger partial charge >= 0.3 is 226 Å². The zero-order valence-electron chi connectivity index (χ0n) is 24.1. The number of hydrogen-bond acceptors (Lipinski definition) is 0. The summed E-state index contributed by atoms with van der Waals surface area (Å²) in [6, 6.07) is 21.4. The molecule has 0 amide bonds. The second kappa shape index (κ2) is 12.5. The Morgan fingerprint density at radius 1 is 0.526 bits per heavy atom. The molecule has 0 saturated heterocycles. The zero-order chi connectivity index (χ0) is 25.8. The monoisotopic (exact) mass is 600 g/mol. The van der Waals surface area contributed by atoms with Gasteiger partial charge in [0.25, 0.3) is 0 Å². The molecule has 4 rings (SSSR count). The number of benzene rings is 3. The first-order valence-electron chi connectivity index (χ1n) is 12.7. The maximum Gasteiger partial charge on any atom is -1.00 e. The van der Waals surface area contributed by atoms with Crippen LogP contribution >= 0.6 is 0 Å². The minimum atomic E-state index is -0.374. The first-order chi connectivity index (χ1) is 16.2. The van der Waals surface area contributed by atoms with Crippen LogP contribution in [0.3, 0.4) is 0 Å². The van der Waals surface area contributed by atoms with Crippen molar-refractivity contribution in [2.24, 2.45) is 5.41 Å². The minimum Gasteiger partial charge on any atom is -1.00 e. The Morgan fingerprint density at radius 3 is 1.05 bits per heavy atom. The Kier molecular flexibility index (Phi) is 11.4. The van der Waals surface area contributed by atoms with Crippen molar-refractivity contribution in [3.8, 4) is 0 Å². The van der Waals surface area contributed by atoms with Crippen molar-refractivity contribution in [2.45, 2.75) is 71.4 Å². The average molecular weight is 602 g/mol. The van der Waals surface area contributed by atoms with E-state index in [9.17, 15) is 0 Å². The summed E-state index contributed by atoms with van der Waals surface area (Å²) in [6.45, 7) is 20.3. The van der Waals surface area contributed by atoms with E-state index < -0.39 is 0 Å². The van der Waals surface area contributed by atoms with E-state index in [-0.39, 0.29) is 51.8 Å². The van der Waals surface area contributed by atoms with Gasteiger partial charge in [0.1, 0.15) is 0 Å². The molecule has 0 bridgehead atoms. The van der Waals surface area contributed by atoms with E-state index in [0.717, 1.165) is 0 Å². The number of rotatable bonds is 4. The van der Waals surface area contributed by atoms with Crippen LogP contribution in [0.25, 0.3) is 0 Å². The van der Waals surface area contributed by atoms with Crippen LogP contribution in [0.2, 0.25) is 3.72 Å². The molecule has 1 aliphatic rings.